The largest absolute Gasteiger partial charge is 0.508 e. The first-order chi connectivity index (χ1) is 18.9. The molecule has 0 unspecified atom stereocenters. The number of anilines is 1. The molecule has 7 heteroatoms. The number of nitrogens with zero attached hydrogens (tertiary/aromatic N) is 3. The maximum atomic E-state index is 13.3. The quantitative estimate of drug-likeness (QED) is 0.329. The van der Waals surface area contributed by atoms with E-state index in [9.17, 15) is 14.7 Å². The molecule has 2 amide bonds. The molecule has 198 valence electrons. The second-order valence-corrected chi connectivity index (χ2v) is 9.95. The van der Waals surface area contributed by atoms with Crippen LogP contribution < -0.4 is 5.32 Å². The number of amides is 2. The maximum Gasteiger partial charge on any atom is 0.272 e. The number of carbonyl (C=O) groups is 2. The minimum absolute atomic E-state index is 0.0288. The lowest BCUT2D eigenvalue weighted by atomic mass is 9.89. The smallest absolute Gasteiger partial charge is 0.272 e. The zero-order chi connectivity index (χ0) is 27.4. The number of rotatable bonds is 6. The highest BCUT2D eigenvalue weighted by Gasteiger charge is 2.27. The number of phenolic OH excluding ortho intramolecular Hbond substituents is 1. The van der Waals surface area contributed by atoms with Crippen LogP contribution in [0.5, 0.6) is 5.75 Å². The van der Waals surface area contributed by atoms with Crippen LogP contribution in [0.25, 0.3) is 5.65 Å². The molecule has 2 aromatic heterocycles. The average Bonchev–Trinajstić information content (AvgIpc) is 3.29. The van der Waals surface area contributed by atoms with Crippen molar-refractivity contribution in [1.29, 1.82) is 0 Å². The molecular weight excluding hydrogens is 488 g/mol. The molecule has 2 aromatic carbocycles. The van der Waals surface area contributed by atoms with Gasteiger partial charge in [0.1, 0.15) is 17.1 Å². The number of aryl methyl sites for hydroxylation is 1. The number of fused-ring (bicyclic) bond motifs is 1. The van der Waals surface area contributed by atoms with Crippen molar-refractivity contribution in [2.75, 3.05) is 18.4 Å². The van der Waals surface area contributed by atoms with Crippen LogP contribution in [-0.2, 0) is 4.79 Å². The molecule has 0 spiro atoms. The van der Waals surface area contributed by atoms with Gasteiger partial charge in [-0.15, -0.1) is 5.92 Å². The second-order valence-electron chi connectivity index (χ2n) is 9.95. The Hall–Kier alpha value is -4.57. The Morgan fingerprint density at radius 2 is 1.77 bits per heavy atom. The minimum Gasteiger partial charge on any atom is -0.508 e. The Labute approximate surface area is 228 Å². The predicted molar refractivity (Wildman–Crippen MR) is 152 cm³/mol. The molecule has 0 radical (unpaired) electrons. The van der Waals surface area contributed by atoms with Gasteiger partial charge in [-0.3, -0.25) is 14.0 Å². The van der Waals surface area contributed by atoms with E-state index in [1.807, 2.05) is 52.8 Å². The Kier molecular flexibility index (Phi) is 7.64. The van der Waals surface area contributed by atoms with Crippen molar-refractivity contribution < 1.29 is 14.7 Å². The van der Waals surface area contributed by atoms with Crippen LogP contribution in [0.2, 0.25) is 0 Å². The fourth-order valence-corrected chi connectivity index (χ4v) is 5.31. The second kappa shape index (κ2) is 11.4. The van der Waals surface area contributed by atoms with Gasteiger partial charge >= 0.3 is 0 Å². The highest BCUT2D eigenvalue weighted by atomic mass is 16.3. The first kappa shape index (κ1) is 26.1. The predicted octanol–water partition coefficient (Wildman–Crippen LogP) is 5.50. The zero-order valence-electron chi connectivity index (χ0n) is 22.2. The molecule has 1 aliphatic rings. The number of aromatic hydroxyl groups is 1. The van der Waals surface area contributed by atoms with Crippen molar-refractivity contribution >= 4 is 23.1 Å². The number of phenols is 1. The number of nitrogens with one attached hydrogen (secondary N) is 1. The molecule has 7 nitrogen and oxygen atoms in total. The van der Waals surface area contributed by atoms with Gasteiger partial charge in [-0.1, -0.05) is 36.3 Å². The molecule has 39 heavy (non-hydrogen) atoms. The molecule has 1 atom stereocenters. The number of hydrogen-bond donors (Lipinski definition) is 2. The summed E-state index contributed by atoms with van der Waals surface area (Å²) in [5, 5.41) is 12.5. The minimum atomic E-state index is -0.243. The van der Waals surface area contributed by atoms with Crippen LogP contribution in [-0.4, -0.2) is 44.3 Å². The fourth-order valence-electron chi connectivity index (χ4n) is 5.31. The molecule has 1 saturated heterocycles. The van der Waals surface area contributed by atoms with Crippen molar-refractivity contribution in [2.45, 2.75) is 44.9 Å². The summed E-state index contributed by atoms with van der Waals surface area (Å²) in [5.74, 6) is 6.22. The third kappa shape index (κ3) is 5.80. The van der Waals surface area contributed by atoms with Gasteiger partial charge in [0.05, 0.1) is 11.6 Å². The van der Waals surface area contributed by atoms with E-state index < -0.39 is 0 Å². The topological polar surface area (TPSA) is 86.9 Å². The summed E-state index contributed by atoms with van der Waals surface area (Å²) in [4.78, 5) is 32.5. The lowest BCUT2D eigenvalue weighted by Crippen LogP contribution is -2.38. The van der Waals surface area contributed by atoms with Gasteiger partial charge in [0.25, 0.3) is 5.91 Å². The number of aromatic nitrogens is 2. The number of hydrogen-bond acceptors (Lipinski definition) is 4. The van der Waals surface area contributed by atoms with Gasteiger partial charge < -0.3 is 15.3 Å². The summed E-state index contributed by atoms with van der Waals surface area (Å²) in [7, 11) is 0. The Morgan fingerprint density at radius 3 is 2.46 bits per heavy atom. The first-order valence-electron chi connectivity index (χ1n) is 13.3. The normalized spacial score (nSPS) is 14.5. The third-order valence-electron chi connectivity index (χ3n) is 7.36. The van der Waals surface area contributed by atoms with Crippen molar-refractivity contribution in [3.05, 3.63) is 95.4 Å². The highest BCUT2D eigenvalue weighted by molar-refractivity contribution is 5.95. The van der Waals surface area contributed by atoms with Crippen LogP contribution in [0.4, 0.5) is 5.69 Å². The maximum absolute atomic E-state index is 13.3. The van der Waals surface area contributed by atoms with Crippen LogP contribution in [0.3, 0.4) is 0 Å². The van der Waals surface area contributed by atoms with Gasteiger partial charge in [-0.25, -0.2) is 4.98 Å². The van der Waals surface area contributed by atoms with Crippen molar-refractivity contribution in [2.24, 2.45) is 0 Å². The van der Waals surface area contributed by atoms with Gasteiger partial charge in [-0.2, -0.15) is 0 Å². The molecule has 5 rings (SSSR count). The van der Waals surface area contributed by atoms with Gasteiger partial charge in [0, 0.05) is 31.4 Å². The van der Waals surface area contributed by atoms with Crippen molar-refractivity contribution in [1.82, 2.24) is 14.3 Å². The highest BCUT2D eigenvalue weighted by Crippen LogP contribution is 2.30. The summed E-state index contributed by atoms with van der Waals surface area (Å²) in [6.45, 7) is 5.03. The lowest BCUT2D eigenvalue weighted by Gasteiger charge is -2.32. The summed E-state index contributed by atoms with van der Waals surface area (Å²) in [5.41, 5.74) is 5.03. The zero-order valence-corrected chi connectivity index (χ0v) is 22.2. The Morgan fingerprint density at radius 1 is 1.05 bits per heavy atom. The number of piperidine rings is 1. The summed E-state index contributed by atoms with van der Waals surface area (Å²) in [6, 6.07) is 20.6. The number of likely N-dealkylation sites (tertiary alicyclic amines) is 1. The monoisotopic (exact) mass is 520 g/mol. The summed E-state index contributed by atoms with van der Waals surface area (Å²) < 4.78 is 1.87. The molecule has 3 heterocycles. The van der Waals surface area contributed by atoms with Gasteiger partial charge in [0.2, 0.25) is 5.91 Å². The van der Waals surface area contributed by atoms with E-state index in [-0.39, 0.29) is 29.9 Å². The van der Waals surface area contributed by atoms with Crippen LogP contribution in [0.15, 0.2) is 72.9 Å². The van der Waals surface area contributed by atoms with E-state index in [1.54, 1.807) is 31.2 Å². The number of benzene rings is 2. The van der Waals surface area contributed by atoms with Crippen molar-refractivity contribution in [3.63, 3.8) is 0 Å². The number of carbonyl (C=O) groups excluding carboxylic acids is 2. The molecule has 0 saturated carbocycles. The molecule has 0 aliphatic carbocycles. The molecular formula is C32H32N4O3. The van der Waals surface area contributed by atoms with E-state index in [2.05, 4.69) is 34.3 Å². The molecule has 2 N–H and O–H groups in total. The molecule has 1 fully saturated rings. The van der Waals surface area contributed by atoms with E-state index in [0.717, 1.165) is 35.4 Å². The lowest BCUT2D eigenvalue weighted by molar-refractivity contribution is -0.116. The average molecular weight is 521 g/mol. The molecule has 0 bridgehead atoms. The molecule has 1 aliphatic heterocycles. The summed E-state index contributed by atoms with van der Waals surface area (Å²) in [6.07, 6.45) is 3.89. The van der Waals surface area contributed by atoms with Gasteiger partial charge in [-0.05, 0) is 80.1 Å². The third-order valence-corrected chi connectivity index (χ3v) is 7.36. The summed E-state index contributed by atoms with van der Waals surface area (Å²) >= 11 is 0. The Bertz CT molecular complexity index is 1540. The molecule has 4 aromatic rings. The fraction of sp³-hybridized carbons (Fsp3) is 0.281. The Balaban J connectivity index is 1.17. The van der Waals surface area contributed by atoms with Crippen molar-refractivity contribution in [3.8, 4) is 17.6 Å². The number of imidazole rings is 1. The van der Waals surface area contributed by atoms with Crippen LogP contribution in [0, 0.1) is 18.8 Å². The van der Waals surface area contributed by atoms with E-state index >= 15 is 0 Å². The van der Waals surface area contributed by atoms with Crippen LogP contribution in [0.1, 0.15) is 65.3 Å². The van der Waals surface area contributed by atoms with Gasteiger partial charge in [0.15, 0.2) is 0 Å². The van der Waals surface area contributed by atoms with E-state index in [4.69, 9.17) is 0 Å². The van der Waals surface area contributed by atoms with E-state index in [0.29, 0.717) is 24.7 Å². The van der Waals surface area contributed by atoms with E-state index in [1.165, 1.54) is 5.56 Å². The first-order valence-corrected chi connectivity index (χ1v) is 13.3. The standard InChI is InChI=1S/C32H32N4O3/c1-3-6-26(24-10-14-28(37)15-11-24)21-30(38)34-27-12-8-23(9-13-27)25-16-19-35(20-17-25)32(39)31-22(2)33-29-7-4-5-18-36(29)31/h4-5,7-15,18,25-26,37H,16-17,19-21H2,1-2H3,(H,34,38)/t26-/m0/s1. The van der Waals surface area contributed by atoms with Crippen LogP contribution >= 0.6 is 0 Å². The number of pyridine rings is 1. The SMILES string of the molecule is CC#C[C@@H](CC(=O)Nc1ccc(C2CCN(C(=O)c3c(C)nc4ccccn34)CC2)cc1)c1ccc(O)cc1.